The lowest BCUT2D eigenvalue weighted by Crippen LogP contribution is -2.26. The molecule has 0 aromatic heterocycles. The van der Waals surface area contributed by atoms with Crippen LogP contribution in [0.1, 0.15) is 52.0 Å². The van der Waals surface area contributed by atoms with Crippen molar-refractivity contribution in [1.29, 1.82) is 0 Å². The van der Waals surface area contributed by atoms with E-state index in [1.807, 2.05) is 0 Å². The molecule has 1 heterocycles. The number of fused-ring (bicyclic) bond motifs is 3. The summed E-state index contributed by atoms with van der Waals surface area (Å²) in [6.07, 6.45) is 4.90. The Morgan fingerprint density at radius 1 is 0.957 bits per heavy atom. The molecule has 0 amide bonds. The Kier molecular flexibility index (Phi) is 4.54. The summed E-state index contributed by atoms with van der Waals surface area (Å²) in [5, 5.41) is 2.75. The number of hydrogen-bond acceptors (Lipinski definition) is 1. The van der Waals surface area contributed by atoms with Crippen LogP contribution in [0.15, 0.2) is 36.4 Å². The molecule has 0 bridgehead atoms. The molecule has 3 rings (SSSR count). The molecule has 2 aromatic rings. The highest BCUT2D eigenvalue weighted by Gasteiger charge is 2.43. The Bertz CT molecular complexity index is 741. The van der Waals surface area contributed by atoms with Crippen molar-refractivity contribution < 1.29 is 4.58 Å². The Morgan fingerprint density at radius 3 is 2.48 bits per heavy atom. The predicted molar refractivity (Wildman–Crippen MR) is 100.0 cm³/mol. The highest BCUT2D eigenvalue weighted by molar-refractivity contribution is 6.01. The smallest absolute Gasteiger partial charge is 0.210 e. The van der Waals surface area contributed by atoms with Crippen molar-refractivity contribution in [1.82, 2.24) is 0 Å². The number of unbranched alkanes of at least 4 members (excludes halogenated alkanes) is 3. The summed E-state index contributed by atoms with van der Waals surface area (Å²) >= 11 is 0. The summed E-state index contributed by atoms with van der Waals surface area (Å²) in [5.41, 5.74) is 10.1. The summed E-state index contributed by atoms with van der Waals surface area (Å²) in [4.78, 5) is 0. The minimum Gasteiger partial charge on any atom is -0.330 e. The largest absolute Gasteiger partial charge is 0.330 e. The van der Waals surface area contributed by atoms with Gasteiger partial charge in [0, 0.05) is 25.0 Å². The zero-order chi connectivity index (χ0) is 16.4. The third kappa shape index (κ3) is 2.81. The Morgan fingerprint density at radius 2 is 1.70 bits per heavy atom. The first-order chi connectivity index (χ1) is 11.1. The van der Waals surface area contributed by atoms with Gasteiger partial charge in [-0.1, -0.05) is 30.7 Å². The molecular weight excluding hydrogens is 280 g/mol. The number of nitrogens with zero attached hydrogens (tertiary/aromatic N) is 1. The number of nitrogens with two attached hydrogens (primary N) is 1. The van der Waals surface area contributed by atoms with Gasteiger partial charge in [-0.25, -0.2) is 0 Å². The minimum atomic E-state index is 0.105. The van der Waals surface area contributed by atoms with Crippen molar-refractivity contribution in [3.8, 4) is 0 Å². The fraction of sp³-hybridized carbons (Fsp3) is 0.476. The number of benzene rings is 2. The van der Waals surface area contributed by atoms with Gasteiger partial charge in [-0.15, -0.1) is 0 Å². The summed E-state index contributed by atoms with van der Waals surface area (Å²) in [6, 6.07) is 13.4. The zero-order valence-corrected chi connectivity index (χ0v) is 14.7. The van der Waals surface area contributed by atoms with Crippen molar-refractivity contribution in [3.63, 3.8) is 0 Å². The molecule has 0 spiro atoms. The van der Waals surface area contributed by atoms with Gasteiger partial charge in [-0.3, -0.25) is 0 Å². The molecule has 2 nitrogen and oxygen atoms in total. The molecule has 0 unspecified atom stereocenters. The molecule has 2 N–H and O–H groups in total. The van der Waals surface area contributed by atoms with Crippen molar-refractivity contribution >= 4 is 22.2 Å². The van der Waals surface area contributed by atoms with Crippen LogP contribution in [0.3, 0.4) is 0 Å². The molecule has 2 heteroatoms. The number of hydrogen-bond donors (Lipinski definition) is 1. The van der Waals surface area contributed by atoms with E-state index in [1.165, 1.54) is 47.0 Å². The fourth-order valence-electron chi connectivity index (χ4n) is 3.90. The molecule has 0 saturated heterocycles. The fourth-order valence-corrected chi connectivity index (χ4v) is 3.90. The van der Waals surface area contributed by atoms with Crippen LogP contribution in [-0.4, -0.2) is 23.4 Å². The second-order valence-electron chi connectivity index (χ2n) is 7.25. The zero-order valence-electron chi connectivity index (χ0n) is 14.7. The molecule has 1 aliphatic heterocycles. The molecule has 0 fully saturated rings. The maximum absolute atomic E-state index is 5.59. The van der Waals surface area contributed by atoms with Gasteiger partial charge in [0.1, 0.15) is 6.54 Å². The van der Waals surface area contributed by atoms with Crippen LogP contribution in [0.25, 0.3) is 10.8 Å². The van der Waals surface area contributed by atoms with E-state index in [2.05, 4.69) is 61.7 Å². The maximum atomic E-state index is 5.59. The van der Waals surface area contributed by atoms with E-state index in [9.17, 15) is 0 Å². The Labute approximate surface area is 140 Å². The van der Waals surface area contributed by atoms with E-state index < -0.39 is 0 Å². The van der Waals surface area contributed by atoms with Crippen molar-refractivity contribution in [3.05, 3.63) is 42.0 Å². The van der Waals surface area contributed by atoms with Crippen LogP contribution in [0, 0.1) is 0 Å². The number of rotatable bonds is 6. The van der Waals surface area contributed by atoms with Crippen LogP contribution in [0.4, 0.5) is 5.69 Å². The molecule has 122 valence electrons. The van der Waals surface area contributed by atoms with Gasteiger partial charge in [0.2, 0.25) is 5.69 Å². The Balaban J connectivity index is 1.94. The summed E-state index contributed by atoms with van der Waals surface area (Å²) in [5.74, 6) is 0. The summed E-state index contributed by atoms with van der Waals surface area (Å²) in [7, 11) is 0. The van der Waals surface area contributed by atoms with E-state index in [4.69, 9.17) is 5.73 Å². The lowest BCUT2D eigenvalue weighted by Gasteiger charge is -2.17. The standard InChI is InChI=1S/C21H29N2/c1-16-21(2,3)20-18-11-7-6-10-17(18)12-13-19(20)23(16)15-9-5-4-8-14-22/h6-7,10-13H,4-5,8-9,14-15,22H2,1-3H3/q+1. The maximum Gasteiger partial charge on any atom is 0.210 e. The van der Waals surface area contributed by atoms with Crippen molar-refractivity contribution in [2.45, 2.75) is 51.9 Å². The van der Waals surface area contributed by atoms with Crippen LogP contribution < -0.4 is 5.73 Å². The lowest BCUT2D eigenvalue weighted by atomic mass is 9.80. The SMILES string of the molecule is CC1=[N+](CCCCCCN)c2ccc3ccccc3c2C1(C)C. The highest BCUT2D eigenvalue weighted by atomic mass is 15.1. The third-order valence-electron chi connectivity index (χ3n) is 5.47. The molecule has 23 heavy (non-hydrogen) atoms. The topological polar surface area (TPSA) is 29.0 Å². The van der Waals surface area contributed by atoms with E-state index in [0.29, 0.717) is 0 Å². The molecule has 0 radical (unpaired) electrons. The van der Waals surface area contributed by atoms with Crippen LogP contribution in [0.2, 0.25) is 0 Å². The molecule has 0 aliphatic carbocycles. The molecule has 2 aromatic carbocycles. The van der Waals surface area contributed by atoms with E-state index >= 15 is 0 Å². The molecule has 0 saturated carbocycles. The minimum absolute atomic E-state index is 0.105. The monoisotopic (exact) mass is 309 g/mol. The average molecular weight is 309 g/mol. The van der Waals surface area contributed by atoms with Gasteiger partial charge in [0.05, 0.1) is 5.41 Å². The van der Waals surface area contributed by atoms with Gasteiger partial charge < -0.3 is 5.73 Å². The first-order valence-corrected chi connectivity index (χ1v) is 8.91. The predicted octanol–water partition coefficient (Wildman–Crippen LogP) is 4.76. The second-order valence-corrected chi connectivity index (χ2v) is 7.25. The molecular formula is C21H29N2+. The van der Waals surface area contributed by atoms with E-state index in [-0.39, 0.29) is 5.41 Å². The second kappa shape index (κ2) is 6.45. The van der Waals surface area contributed by atoms with Gasteiger partial charge in [-0.2, -0.15) is 4.58 Å². The average Bonchev–Trinajstić information content (AvgIpc) is 2.75. The Hall–Kier alpha value is -1.67. The van der Waals surface area contributed by atoms with Crippen LogP contribution >= 0.6 is 0 Å². The highest BCUT2D eigenvalue weighted by Crippen LogP contribution is 2.43. The first-order valence-electron chi connectivity index (χ1n) is 8.91. The van der Waals surface area contributed by atoms with Gasteiger partial charge in [-0.05, 0) is 50.1 Å². The quantitative estimate of drug-likeness (QED) is 0.605. The van der Waals surface area contributed by atoms with Crippen molar-refractivity contribution in [2.75, 3.05) is 13.1 Å². The summed E-state index contributed by atoms with van der Waals surface area (Å²) < 4.78 is 2.55. The summed E-state index contributed by atoms with van der Waals surface area (Å²) in [6.45, 7) is 8.96. The molecule has 0 atom stereocenters. The van der Waals surface area contributed by atoms with Gasteiger partial charge in [0.25, 0.3) is 0 Å². The van der Waals surface area contributed by atoms with Crippen LogP contribution in [-0.2, 0) is 5.41 Å². The lowest BCUT2D eigenvalue weighted by molar-refractivity contribution is -0.439. The third-order valence-corrected chi connectivity index (χ3v) is 5.47. The van der Waals surface area contributed by atoms with E-state index in [0.717, 1.165) is 19.5 Å². The van der Waals surface area contributed by atoms with Crippen molar-refractivity contribution in [2.24, 2.45) is 5.73 Å². The normalized spacial score (nSPS) is 16.2. The van der Waals surface area contributed by atoms with E-state index in [1.54, 1.807) is 0 Å². The van der Waals surface area contributed by atoms with Gasteiger partial charge in [0.15, 0.2) is 5.71 Å². The van der Waals surface area contributed by atoms with Gasteiger partial charge >= 0.3 is 0 Å². The molecule has 1 aliphatic rings. The first kappa shape index (κ1) is 16.2. The van der Waals surface area contributed by atoms with Crippen LogP contribution in [0.5, 0.6) is 0 Å².